The van der Waals surface area contributed by atoms with Gasteiger partial charge in [0.05, 0.1) is 17.4 Å². The van der Waals surface area contributed by atoms with Crippen LogP contribution >= 0.6 is 0 Å². The molecule has 39 heavy (non-hydrogen) atoms. The van der Waals surface area contributed by atoms with Crippen molar-refractivity contribution in [1.82, 2.24) is 9.97 Å². The molecule has 3 heterocycles. The summed E-state index contributed by atoms with van der Waals surface area (Å²) in [5.41, 5.74) is 0.683. The number of halogens is 3. The molecule has 0 aliphatic carbocycles. The fourth-order valence-corrected chi connectivity index (χ4v) is 4.24. The second kappa shape index (κ2) is 10.5. The van der Waals surface area contributed by atoms with E-state index in [1.807, 2.05) is 11.0 Å². The molecule has 0 spiro atoms. The van der Waals surface area contributed by atoms with Crippen LogP contribution in [-0.4, -0.2) is 53.1 Å². The zero-order chi connectivity index (χ0) is 27.6. The lowest BCUT2D eigenvalue weighted by atomic mass is 10.1. The third-order valence-electron chi connectivity index (χ3n) is 6.19. The Kier molecular flexibility index (Phi) is 6.92. The van der Waals surface area contributed by atoms with Gasteiger partial charge in [0.25, 0.3) is 5.91 Å². The van der Waals surface area contributed by atoms with Crippen LogP contribution in [0.5, 0.6) is 0 Å². The topological polar surface area (TPSA) is 112 Å². The molecule has 0 radical (unpaired) electrons. The van der Waals surface area contributed by atoms with Crippen LogP contribution in [0.3, 0.4) is 0 Å². The van der Waals surface area contributed by atoms with Gasteiger partial charge in [-0.25, -0.2) is 14.8 Å². The number of hydrogen-bond acceptors (Lipinski definition) is 7. The number of hydrogen-bond donors (Lipinski definition) is 2. The highest BCUT2D eigenvalue weighted by atomic mass is 19.4. The van der Waals surface area contributed by atoms with Gasteiger partial charge in [0.1, 0.15) is 5.82 Å². The summed E-state index contributed by atoms with van der Waals surface area (Å²) in [5, 5.41) is 11.6. The highest BCUT2D eigenvalue weighted by Gasteiger charge is 2.42. The maximum atomic E-state index is 13.6. The fourth-order valence-electron chi connectivity index (χ4n) is 4.24. The van der Waals surface area contributed by atoms with E-state index in [1.165, 1.54) is 18.3 Å². The van der Waals surface area contributed by atoms with Gasteiger partial charge in [-0.15, -0.1) is 0 Å². The lowest BCUT2D eigenvalue weighted by Crippen LogP contribution is -2.46. The van der Waals surface area contributed by atoms with Gasteiger partial charge in [-0.05, 0) is 42.5 Å². The average Bonchev–Trinajstić information content (AvgIpc) is 3.41. The van der Waals surface area contributed by atoms with Crippen molar-refractivity contribution in [2.24, 2.45) is 0 Å². The van der Waals surface area contributed by atoms with Crippen LogP contribution in [-0.2, 0) is 6.18 Å². The molecule has 9 nitrogen and oxygen atoms in total. The molecule has 2 N–H and O–H groups in total. The molecule has 2 aromatic heterocycles. The minimum atomic E-state index is -4.91. The Balaban J connectivity index is 1.25. The number of nitrogens with zero attached hydrogens (tertiary/aromatic N) is 4. The molecule has 0 saturated carbocycles. The van der Waals surface area contributed by atoms with Crippen molar-refractivity contribution in [3.63, 3.8) is 0 Å². The smallest absolute Gasteiger partial charge is 0.452 e. The first-order valence-electron chi connectivity index (χ1n) is 11.9. The number of amides is 1. The highest BCUT2D eigenvalue weighted by molar-refractivity contribution is 6.04. The van der Waals surface area contributed by atoms with Crippen molar-refractivity contribution in [1.29, 1.82) is 0 Å². The molecule has 200 valence electrons. The van der Waals surface area contributed by atoms with E-state index in [2.05, 4.69) is 20.2 Å². The number of carboxylic acids is 1. The maximum absolute atomic E-state index is 13.6. The van der Waals surface area contributed by atoms with E-state index in [4.69, 9.17) is 4.42 Å². The number of oxazole rings is 1. The summed E-state index contributed by atoms with van der Waals surface area (Å²) >= 11 is 0. The molecular formula is C27H22F3N5O4. The number of carbonyl (C=O) groups is 2. The molecule has 1 amide bonds. The number of aromatic nitrogens is 2. The molecule has 4 aromatic rings. The van der Waals surface area contributed by atoms with Crippen LogP contribution in [0, 0.1) is 0 Å². The van der Waals surface area contributed by atoms with Crippen molar-refractivity contribution in [3.8, 4) is 11.5 Å². The van der Waals surface area contributed by atoms with Crippen LogP contribution in [0.15, 0.2) is 77.3 Å². The quantitative estimate of drug-likeness (QED) is 0.352. The average molecular weight is 537 g/mol. The van der Waals surface area contributed by atoms with Gasteiger partial charge in [0, 0.05) is 37.4 Å². The van der Waals surface area contributed by atoms with Gasteiger partial charge >= 0.3 is 12.1 Å². The summed E-state index contributed by atoms with van der Waals surface area (Å²) in [6, 6.07) is 18.0. The Morgan fingerprint density at radius 3 is 2.28 bits per heavy atom. The summed E-state index contributed by atoms with van der Waals surface area (Å²) in [6.07, 6.45) is -3.55. The Morgan fingerprint density at radius 1 is 0.923 bits per heavy atom. The van der Waals surface area contributed by atoms with Gasteiger partial charge < -0.3 is 24.6 Å². The Morgan fingerprint density at radius 2 is 1.64 bits per heavy atom. The zero-order valence-corrected chi connectivity index (χ0v) is 20.4. The van der Waals surface area contributed by atoms with Crippen molar-refractivity contribution >= 4 is 29.1 Å². The minimum Gasteiger partial charge on any atom is -0.478 e. The second-order valence-corrected chi connectivity index (χ2v) is 8.75. The van der Waals surface area contributed by atoms with Crippen molar-refractivity contribution in [3.05, 3.63) is 89.9 Å². The van der Waals surface area contributed by atoms with E-state index in [-0.39, 0.29) is 17.1 Å². The van der Waals surface area contributed by atoms with E-state index in [1.54, 1.807) is 48.5 Å². The third-order valence-corrected chi connectivity index (χ3v) is 6.19. The fraction of sp³-hybridized carbons (Fsp3) is 0.185. The Hall–Kier alpha value is -4.87. The molecule has 0 unspecified atom stereocenters. The molecule has 5 rings (SSSR count). The lowest BCUT2D eigenvalue weighted by Gasteiger charge is -2.36. The van der Waals surface area contributed by atoms with Crippen LogP contribution in [0.4, 0.5) is 30.4 Å². The first kappa shape index (κ1) is 25.8. The first-order valence-corrected chi connectivity index (χ1v) is 11.9. The maximum Gasteiger partial charge on any atom is 0.452 e. The summed E-state index contributed by atoms with van der Waals surface area (Å²) in [4.78, 5) is 36.3. The lowest BCUT2D eigenvalue weighted by molar-refractivity contribution is -0.153. The predicted octanol–water partition coefficient (Wildman–Crippen LogP) is 5.03. The number of benzene rings is 2. The molecule has 12 heteroatoms. The van der Waals surface area contributed by atoms with Gasteiger partial charge in [-0.2, -0.15) is 13.2 Å². The first-order chi connectivity index (χ1) is 18.7. The van der Waals surface area contributed by atoms with Crippen molar-refractivity contribution in [2.75, 3.05) is 41.3 Å². The SMILES string of the molecule is O=C(O)c1cccc(N2CCN(c3ccc(NC(=O)c4nc(-c5ccccc5)oc4C(F)(F)F)cn3)CC2)c1. The number of carbonyl (C=O) groups excluding carboxylic acids is 1. The van der Waals surface area contributed by atoms with E-state index in [0.29, 0.717) is 37.6 Å². The largest absolute Gasteiger partial charge is 0.478 e. The normalized spacial score (nSPS) is 13.8. The molecule has 1 aliphatic heterocycles. The number of alkyl halides is 3. The van der Waals surface area contributed by atoms with Crippen molar-refractivity contribution in [2.45, 2.75) is 6.18 Å². The summed E-state index contributed by atoms with van der Waals surface area (Å²) in [7, 11) is 0. The van der Waals surface area contributed by atoms with Gasteiger partial charge in [-0.3, -0.25) is 4.79 Å². The minimum absolute atomic E-state index is 0.199. The monoisotopic (exact) mass is 537 g/mol. The molecule has 1 fully saturated rings. The standard InChI is InChI=1S/C27H22F3N5O4/c28-27(29,30)23-22(33-25(39-23)17-5-2-1-3-6-17)24(36)32-19-9-10-21(31-16-19)35-13-11-34(12-14-35)20-8-4-7-18(15-20)26(37)38/h1-10,15-16H,11-14H2,(H,32,36)(H,37,38). The Labute approximate surface area is 220 Å². The second-order valence-electron chi connectivity index (χ2n) is 8.75. The van der Waals surface area contributed by atoms with Gasteiger partial charge in [0.15, 0.2) is 5.69 Å². The van der Waals surface area contributed by atoms with Crippen molar-refractivity contribution < 1.29 is 32.3 Å². The molecular weight excluding hydrogens is 515 g/mol. The predicted molar refractivity (Wildman–Crippen MR) is 137 cm³/mol. The van der Waals surface area contributed by atoms with E-state index >= 15 is 0 Å². The van der Waals surface area contributed by atoms with Gasteiger partial charge in [-0.1, -0.05) is 24.3 Å². The van der Waals surface area contributed by atoms with Crippen LogP contribution in [0.1, 0.15) is 26.6 Å². The number of aromatic carboxylic acids is 1. The molecule has 2 aromatic carbocycles. The van der Waals surface area contributed by atoms with E-state index in [9.17, 15) is 27.9 Å². The third kappa shape index (κ3) is 5.69. The molecule has 0 atom stereocenters. The number of anilines is 3. The Bertz CT molecular complexity index is 1480. The molecule has 1 aliphatic rings. The molecule has 0 bridgehead atoms. The number of carboxylic acid groups (broad SMARTS) is 1. The van der Waals surface area contributed by atoms with Gasteiger partial charge in [0.2, 0.25) is 11.7 Å². The zero-order valence-electron chi connectivity index (χ0n) is 20.4. The van der Waals surface area contributed by atoms with E-state index in [0.717, 1.165) is 5.69 Å². The highest BCUT2D eigenvalue weighted by Crippen LogP contribution is 2.35. The summed E-state index contributed by atoms with van der Waals surface area (Å²) in [6.45, 7) is 2.51. The summed E-state index contributed by atoms with van der Waals surface area (Å²) < 4.78 is 45.6. The number of piperazine rings is 1. The number of rotatable bonds is 6. The van der Waals surface area contributed by atoms with Crippen LogP contribution in [0.2, 0.25) is 0 Å². The van der Waals surface area contributed by atoms with Crippen LogP contribution < -0.4 is 15.1 Å². The number of pyridine rings is 1. The van der Waals surface area contributed by atoms with Crippen LogP contribution in [0.25, 0.3) is 11.5 Å². The number of nitrogens with one attached hydrogen (secondary N) is 1. The summed E-state index contributed by atoms with van der Waals surface area (Å²) in [5.74, 6) is -3.21. The molecule has 1 saturated heterocycles. The van der Waals surface area contributed by atoms with E-state index < -0.39 is 29.5 Å².